The number of rotatable bonds is 1. The summed E-state index contributed by atoms with van der Waals surface area (Å²) >= 11 is 0. The number of urea groups is 1. The van der Waals surface area contributed by atoms with Gasteiger partial charge in [0.25, 0.3) is 0 Å². The Morgan fingerprint density at radius 3 is 2.27 bits per heavy atom. The largest absolute Gasteiger partial charge is 0.333 e. The Balaban J connectivity index is 3.70. The van der Waals surface area contributed by atoms with Crippen molar-refractivity contribution >= 4 is 6.03 Å². The fraction of sp³-hybridized carbons (Fsp3) is 0.625. The zero-order valence-electron chi connectivity index (χ0n) is 7.56. The van der Waals surface area contributed by atoms with Crippen LogP contribution in [0.25, 0.3) is 0 Å². The van der Waals surface area contributed by atoms with E-state index in [-0.39, 0.29) is 11.6 Å². The maximum absolute atomic E-state index is 10.9. The molecule has 0 rings (SSSR count). The molecular formula is C8H16N2O. The molecular weight excluding hydrogens is 140 g/mol. The maximum atomic E-state index is 10.9. The molecule has 0 radical (unpaired) electrons. The van der Waals surface area contributed by atoms with E-state index in [2.05, 4.69) is 10.6 Å². The summed E-state index contributed by atoms with van der Waals surface area (Å²) in [4.78, 5) is 10.9. The zero-order valence-corrected chi connectivity index (χ0v) is 7.56. The van der Waals surface area contributed by atoms with Crippen LogP contribution in [0.2, 0.25) is 0 Å². The third kappa shape index (κ3) is 6.90. The summed E-state index contributed by atoms with van der Waals surface area (Å²) in [5, 5.41) is 5.31. The van der Waals surface area contributed by atoms with Crippen LogP contribution < -0.4 is 10.6 Å². The average Bonchev–Trinajstić information content (AvgIpc) is 1.79. The van der Waals surface area contributed by atoms with E-state index in [0.29, 0.717) is 0 Å². The molecule has 0 bridgehead atoms. The predicted octanol–water partition coefficient (Wildman–Crippen LogP) is 1.62. The molecule has 0 atom stereocenters. The first-order valence-electron chi connectivity index (χ1n) is 3.65. The highest BCUT2D eigenvalue weighted by atomic mass is 16.2. The second-order valence-corrected chi connectivity index (χ2v) is 3.35. The smallest absolute Gasteiger partial charge is 0.319 e. The van der Waals surface area contributed by atoms with Gasteiger partial charge in [-0.15, -0.1) is 0 Å². The number of amides is 2. The minimum Gasteiger partial charge on any atom is -0.333 e. The molecule has 0 saturated heterocycles. The highest BCUT2D eigenvalue weighted by Crippen LogP contribution is 1.96. The Kier molecular flexibility index (Phi) is 3.65. The van der Waals surface area contributed by atoms with Crippen molar-refractivity contribution in [1.29, 1.82) is 0 Å². The van der Waals surface area contributed by atoms with Crippen molar-refractivity contribution in [3.63, 3.8) is 0 Å². The molecule has 0 heterocycles. The van der Waals surface area contributed by atoms with Crippen molar-refractivity contribution in [1.82, 2.24) is 10.6 Å². The first kappa shape index (κ1) is 10.0. The molecule has 0 spiro atoms. The molecule has 3 heteroatoms. The molecule has 2 N–H and O–H groups in total. The summed E-state index contributed by atoms with van der Waals surface area (Å²) in [6.07, 6.45) is 3.36. The van der Waals surface area contributed by atoms with E-state index in [1.807, 2.05) is 27.7 Å². The first-order valence-corrected chi connectivity index (χ1v) is 3.65. The topological polar surface area (TPSA) is 41.1 Å². The molecule has 0 aromatic heterocycles. The number of hydrogen-bond donors (Lipinski definition) is 2. The van der Waals surface area contributed by atoms with E-state index in [4.69, 9.17) is 0 Å². The van der Waals surface area contributed by atoms with Crippen LogP contribution in [-0.2, 0) is 0 Å². The number of carbonyl (C=O) groups excluding carboxylic acids is 1. The van der Waals surface area contributed by atoms with Gasteiger partial charge in [-0.2, -0.15) is 0 Å². The van der Waals surface area contributed by atoms with Crippen LogP contribution in [0.1, 0.15) is 27.7 Å². The number of hydrogen-bond acceptors (Lipinski definition) is 1. The van der Waals surface area contributed by atoms with E-state index >= 15 is 0 Å². The van der Waals surface area contributed by atoms with E-state index in [0.717, 1.165) is 0 Å². The van der Waals surface area contributed by atoms with Gasteiger partial charge in [0.2, 0.25) is 0 Å². The Hall–Kier alpha value is -0.990. The molecule has 0 aromatic rings. The van der Waals surface area contributed by atoms with Crippen LogP contribution in [0, 0.1) is 0 Å². The van der Waals surface area contributed by atoms with Crippen LogP contribution in [0.15, 0.2) is 12.3 Å². The number of carbonyl (C=O) groups is 1. The number of allylic oxidation sites excluding steroid dienone is 1. The van der Waals surface area contributed by atoms with Gasteiger partial charge in [-0.1, -0.05) is 6.08 Å². The third-order valence-electron chi connectivity index (χ3n) is 0.870. The first-order chi connectivity index (χ1) is 4.95. The van der Waals surface area contributed by atoms with Gasteiger partial charge in [0.15, 0.2) is 0 Å². The van der Waals surface area contributed by atoms with Crippen molar-refractivity contribution < 1.29 is 4.79 Å². The van der Waals surface area contributed by atoms with Crippen LogP contribution in [0.4, 0.5) is 4.79 Å². The fourth-order valence-electron chi connectivity index (χ4n) is 0.536. The molecule has 11 heavy (non-hydrogen) atoms. The van der Waals surface area contributed by atoms with Crippen LogP contribution in [0.3, 0.4) is 0 Å². The van der Waals surface area contributed by atoms with Crippen molar-refractivity contribution in [3.05, 3.63) is 12.3 Å². The Bertz CT molecular complexity index is 156. The van der Waals surface area contributed by atoms with Gasteiger partial charge in [0, 0.05) is 11.7 Å². The lowest BCUT2D eigenvalue weighted by Crippen LogP contribution is -2.44. The van der Waals surface area contributed by atoms with Gasteiger partial charge in [-0.25, -0.2) is 4.79 Å². The van der Waals surface area contributed by atoms with E-state index in [1.165, 1.54) is 0 Å². The Morgan fingerprint density at radius 1 is 1.36 bits per heavy atom. The summed E-state index contributed by atoms with van der Waals surface area (Å²) < 4.78 is 0. The Labute approximate surface area is 67.9 Å². The highest BCUT2D eigenvalue weighted by Gasteiger charge is 2.11. The zero-order chi connectivity index (χ0) is 8.91. The molecule has 0 aliphatic carbocycles. The lowest BCUT2D eigenvalue weighted by Gasteiger charge is -2.19. The summed E-state index contributed by atoms with van der Waals surface area (Å²) in [5.74, 6) is 0. The second kappa shape index (κ2) is 4.01. The monoisotopic (exact) mass is 156 g/mol. The van der Waals surface area contributed by atoms with E-state index < -0.39 is 0 Å². The van der Waals surface area contributed by atoms with Crippen LogP contribution in [0.5, 0.6) is 0 Å². The standard InChI is InChI=1S/C8H16N2O/c1-5-6-9-7(11)10-8(2,3)4/h5-6H,1-4H3,(H2,9,10,11)/b6-5+. The minimum absolute atomic E-state index is 0.171. The van der Waals surface area contributed by atoms with Gasteiger partial charge < -0.3 is 10.6 Å². The predicted molar refractivity (Wildman–Crippen MR) is 46.2 cm³/mol. The van der Waals surface area contributed by atoms with Gasteiger partial charge in [0.05, 0.1) is 0 Å². The van der Waals surface area contributed by atoms with Crippen molar-refractivity contribution in [2.45, 2.75) is 33.2 Å². The molecule has 2 amide bonds. The molecule has 0 aliphatic rings. The third-order valence-corrected chi connectivity index (χ3v) is 0.870. The van der Waals surface area contributed by atoms with Gasteiger partial charge in [-0.05, 0) is 27.7 Å². The summed E-state index contributed by atoms with van der Waals surface area (Å²) in [6.45, 7) is 7.64. The summed E-state index contributed by atoms with van der Waals surface area (Å²) in [5.41, 5.74) is -0.175. The van der Waals surface area contributed by atoms with Crippen molar-refractivity contribution in [2.75, 3.05) is 0 Å². The molecule has 0 fully saturated rings. The molecule has 0 unspecified atom stereocenters. The van der Waals surface area contributed by atoms with Gasteiger partial charge in [0.1, 0.15) is 0 Å². The summed E-state index contributed by atoms with van der Waals surface area (Å²) in [6, 6.07) is -0.171. The fourth-order valence-corrected chi connectivity index (χ4v) is 0.536. The minimum atomic E-state index is -0.175. The number of nitrogens with one attached hydrogen (secondary N) is 2. The van der Waals surface area contributed by atoms with Crippen molar-refractivity contribution in [2.24, 2.45) is 0 Å². The lowest BCUT2D eigenvalue weighted by molar-refractivity contribution is 0.235. The van der Waals surface area contributed by atoms with Crippen LogP contribution in [-0.4, -0.2) is 11.6 Å². The SMILES string of the molecule is C/C=C/NC(=O)NC(C)(C)C. The van der Waals surface area contributed by atoms with Crippen LogP contribution >= 0.6 is 0 Å². The molecule has 64 valence electrons. The molecule has 0 aromatic carbocycles. The molecule has 0 saturated carbocycles. The van der Waals surface area contributed by atoms with E-state index in [9.17, 15) is 4.79 Å². The van der Waals surface area contributed by atoms with Gasteiger partial charge >= 0.3 is 6.03 Å². The quantitative estimate of drug-likeness (QED) is 0.595. The Morgan fingerprint density at radius 2 is 1.91 bits per heavy atom. The lowest BCUT2D eigenvalue weighted by atomic mass is 10.1. The van der Waals surface area contributed by atoms with Gasteiger partial charge in [-0.3, -0.25) is 0 Å². The molecule has 3 nitrogen and oxygen atoms in total. The van der Waals surface area contributed by atoms with Crippen molar-refractivity contribution in [3.8, 4) is 0 Å². The summed E-state index contributed by atoms with van der Waals surface area (Å²) in [7, 11) is 0. The highest BCUT2D eigenvalue weighted by molar-refractivity contribution is 5.75. The van der Waals surface area contributed by atoms with E-state index in [1.54, 1.807) is 12.3 Å². The molecule has 0 aliphatic heterocycles. The second-order valence-electron chi connectivity index (χ2n) is 3.35. The average molecular weight is 156 g/mol. The maximum Gasteiger partial charge on any atom is 0.319 e. The normalized spacial score (nSPS) is 11.6.